The number of amides is 1. The number of esters is 2. The highest BCUT2D eigenvalue weighted by Gasteiger charge is 2.28. The highest BCUT2D eigenvalue weighted by Crippen LogP contribution is 2.25. The fraction of sp³-hybridized carbons (Fsp3) is 0.391. The average Bonchev–Trinajstić information content (AvgIpc) is 3.10. The van der Waals surface area contributed by atoms with E-state index in [1.807, 2.05) is 0 Å². The molecule has 2 aromatic rings. The van der Waals surface area contributed by atoms with Gasteiger partial charge in [-0.2, -0.15) is 0 Å². The lowest BCUT2D eigenvalue weighted by molar-refractivity contribution is -0.118. The topological polar surface area (TPSA) is 124 Å². The summed E-state index contributed by atoms with van der Waals surface area (Å²) in [6.45, 7) is 5.56. The third kappa shape index (κ3) is 6.69. The van der Waals surface area contributed by atoms with Crippen LogP contribution in [0, 0.1) is 13.8 Å². The van der Waals surface area contributed by atoms with Crippen molar-refractivity contribution in [3.05, 3.63) is 52.3 Å². The van der Waals surface area contributed by atoms with Gasteiger partial charge in [-0.05, 0) is 38.5 Å². The molecule has 1 unspecified atom stereocenters. The van der Waals surface area contributed by atoms with Crippen LogP contribution in [0.3, 0.4) is 0 Å². The van der Waals surface area contributed by atoms with E-state index in [1.165, 1.54) is 25.8 Å². The van der Waals surface area contributed by atoms with Gasteiger partial charge in [0.25, 0.3) is 0 Å². The lowest BCUT2D eigenvalue weighted by Gasteiger charge is -2.14. The Morgan fingerprint density at radius 2 is 1.79 bits per heavy atom. The molecule has 10 heteroatoms. The summed E-state index contributed by atoms with van der Waals surface area (Å²) in [5.74, 6) is -1.79. The number of ketones is 1. The molecule has 1 atom stereocenters. The summed E-state index contributed by atoms with van der Waals surface area (Å²) in [5, 5.41) is 2.71. The standard InChI is InChI=1S/C23H28N2O7S/c1-13-19(23(29)31-5)14(2)25-20(13)21(27)15(3)32-22(28)16-8-6-7-9-17(16)33-12-18(26)24-10-11-30-4/h6-9,15,25H,10-12H2,1-5H3,(H,24,26). The first-order valence-electron chi connectivity index (χ1n) is 10.2. The van der Waals surface area contributed by atoms with Crippen LogP contribution in [0.25, 0.3) is 0 Å². The summed E-state index contributed by atoms with van der Waals surface area (Å²) in [7, 11) is 2.81. The number of methoxy groups -OCH3 is 2. The smallest absolute Gasteiger partial charge is 0.339 e. The molecule has 0 saturated heterocycles. The third-order valence-corrected chi connectivity index (χ3v) is 5.89. The van der Waals surface area contributed by atoms with E-state index >= 15 is 0 Å². The third-order valence-electron chi connectivity index (χ3n) is 4.82. The molecular weight excluding hydrogens is 448 g/mol. The maximum Gasteiger partial charge on any atom is 0.339 e. The summed E-state index contributed by atoms with van der Waals surface area (Å²) in [6.07, 6.45) is -1.10. The number of thioether (sulfide) groups is 1. The Kier molecular flexibility index (Phi) is 9.68. The molecule has 0 saturated carbocycles. The van der Waals surface area contributed by atoms with Gasteiger partial charge >= 0.3 is 11.9 Å². The number of hydrogen-bond donors (Lipinski definition) is 2. The van der Waals surface area contributed by atoms with E-state index in [2.05, 4.69) is 10.3 Å². The van der Waals surface area contributed by atoms with Gasteiger partial charge in [-0.1, -0.05) is 12.1 Å². The summed E-state index contributed by atoms with van der Waals surface area (Å²) in [4.78, 5) is 53.1. The van der Waals surface area contributed by atoms with Crippen LogP contribution in [0.4, 0.5) is 0 Å². The molecule has 33 heavy (non-hydrogen) atoms. The SMILES string of the molecule is COCCNC(=O)CSc1ccccc1C(=O)OC(C)C(=O)c1[nH]c(C)c(C(=O)OC)c1C. The molecule has 0 fully saturated rings. The molecule has 2 N–H and O–H groups in total. The lowest BCUT2D eigenvalue weighted by atomic mass is 10.1. The Hall–Kier alpha value is -3.11. The largest absolute Gasteiger partial charge is 0.465 e. The van der Waals surface area contributed by atoms with E-state index in [9.17, 15) is 19.2 Å². The molecule has 0 aliphatic heterocycles. The number of hydrogen-bond acceptors (Lipinski definition) is 8. The molecule has 0 radical (unpaired) electrons. The molecule has 0 aliphatic carbocycles. The molecule has 1 aromatic heterocycles. The van der Waals surface area contributed by atoms with Crippen molar-refractivity contribution < 1.29 is 33.4 Å². The summed E-state index contributed by atoms with van der Waals surface area (Å²) >= 11 is 1.19. The first-order chi connectivity index (χ1) is 15.7. The lowest BCUT2D eigenvalue weighted by Crippen LogP contribution is -2.28. The molecule has 0 spiro atoms. The van der Waals surface area contributed by atoms with E-state index < -0.39 is 23.8 Å². The predicted molar refractivity (Wildman–Crippen MR) is 123 cm³/mol. The molecule has 0 bridgehead atoms. The quantitative estimate of drug-likeness (QED) is 0.220. The summed E-state index contributed by atoms with van der Waals surface area (Å²) < 4.78 is 15.1. The van der Waals surface area contributed by atoms with Crippen LogP contribution in [0.1, 0.15) is 49.4 Å². The minimum Gasteiger partial charge on any atom is -0.465 e. The summed E-state index contributed by atoms with van der Waals surface area (Å²) in [6, 6.07) is 6.70. The fourth-order valence-corrected chi connectivity index (χ4v) is 4.00. The molecule has 1 aromatic carbocycles. The first kappa shape index (κ1) is 26.1. The van der Waals surface area contributed by atoms with Gasteiger partial charge in [0.1, 0.15) is 0 Å². The predicted octanol–water partition coefficient (Wildman–Crippen LogP) is 2.70. The number of Topliss-reactive ketones (excluding diaryl/α,β-unsaturated/α-hetero) is 1. The van der Waals surface area contributed by atoms with Crippen molar-refractivity contribution in [2.24, 2.45) is 0 Å². The number of carbonyl (C=O) groups is 4. The van der Waals surface area contributed by atoms with Crippen LogP contribution in [0.15, 0.2) is 29.2 Å². The van der Waals surface area contributed by atoms with Crippen molar-refractivity contribution in [1.82, 2.24) is 10.3 Å². The van der Waals surface area contributed by atoms with Gasteiger partial charge in [-0.3, -0.25) is 9.59 Å². The minimum absolute atomic E-state index is 0.111. The Morgan fingerprint density at radius 1 is 1.09 bits per heavy atom. The molecule has 1 heterocycles. The number of ether oxygens (including phenoxy) is 3. The zero-order valence-corrected chi connectivity index (χ0v) is 20.1. The Balaban J connectivity index is 2.09. The summed E-state index contributed by atoms with van der Waals surface area (Å²) in [5.41, 5.74) is 1.64. The maximum absolute atomic E-state index is 12.9. The normalized spacial score (nSPS) is 11.5. The van der Waals surface area contributed by atoms with Crippen LogP contribution >= 0.6 is 11.8 Å². The maximum atomic E-state index is 12.9. The van der Waals surface area contributed by atoms with Gasteiger partial charge < -0.3 is 24.5 Å². The average molecular weight is 477 g/mol. The van der Waals surface area contributed by atoms with Crippen LogP contribution in [-0.2, 0) is 19.0 Å². The Morgan fingerprint density at radius 3 is 2.45 bits per heavy atom. The molecular formula is C23H28N2O7S. The van der Waals surface area contributed by atoms with Gasteiger partial charge in [0.05, 0.1) is 36.3 Å². The van der Waals surface area contributed by atoms with E-state index in [4.69, 9.17) is 14.2 Å². The van der Waals surface area contributed by atoms with Gasteiger partial charge in [-0.25, -0.2) is 9.59 Å². The number of benzene rings is 1. The van der Waals surface area contributed by atoms with E-state index in [0.29, 0.717) is 29.3 Å². The minimum atomic E-state index is -1.10. The second-order valence-electron chi connectivity index (χ2n) is 7.16. The molecule has 0 aliphatic rings. The number of H-pyrrole nitrogens is 1. The fourth-order valence-electron chi connectivity index (χ4n) is 3.13. The molecule has 178 valence electrons. The van der Waals surface area contributed by atoms with E-state index in [1.54, 1.807) is 45.2 Å². The van der Waals surface area contributed by atoms with E-state index in [-0.39, 0.29) is 28.5 Å². The van der Waals surface area contributed by atoms with Crippen LogP contribution in [-0.4, -0.2) is 67.8 Å². The highest BCUT2D eigenvalue weighted by molar-refractivity contribution is 8.00. The Bertz CT molecular complexity index is 1030. The number of nitrogens with one attached hydrogen (secondary N) is 2. The molecule has 1 amide bonds. The van der Waals surface area contributed by atoms with Crippen LogP contribution in [0.2, 0.25) is 0 Å². The van der Waals surface area contributed by atoms with Crippen molar-refractivity contribution in [3.63, 3.8) is 0 Å². The van der Waals surface area contributed by atoms with Crippen LogP contribution in [0.5, 0.6) is 0 Å². The molecule has 9 nitrogen and oxygen atoms in total. The number of aromatic amines is 1. The van der Waals surface area contributed by atoms with Gasteiger partial charge in [0.15, 0.2) is 6.10 Å². The van der Waals surface area contributed by atoms with Crippen LogP contribution < -0.4 is 5.32 Å². The zero-order chi connectivity index (χ0) is 24.5. The zero-order valence-electron chi connectivity index (χ0n) is 19.3. The Labute approximate surface area is 196 Å². The van der Waals surface area contributed by atoms with Crippen molar-refractivity contribution in [3.8, 4) is 0 Å². The van der Waals surface area contributed by atoms with Crippen molar-refractivity contribution in [2.75, 3.05) is 33.1 Å². The highest BCUT2D eigenvalue weighted by atomic mass is 32.2. The number of rotatable bonds is 11. The second-order valence-corrected chi connectivity index (χ2v) is 8.17. The number of aromatic nitrogens is 1. The van der Waals surface area contributed by atoms with Crippen molar-refractivity contribution in [2.45, 2.75) is 31.8 Å². The molecule has 2 rings (SSSR count). The number of carbonyl (C=O) groups excluding carboxylic acids is 4. The van der Waals surface area contributed by atoms with Crippen molar-refractivity contribution >= 4 is 35.4 Å². The van der Waals surface area contributed by atoms with Gasteiger partial charge in [0, 0.05) is 24.2 Å². The second kappa shape index (κ2) is 12.2. The van der Waals surface area contributed by atoms with Gasteiger partial charge in [0.2, 0.25) is 11.7 Å². The van der Waals surface area contributed by atoms with Gasteiger partial charge in [-0.15, -0.1) is 11.8 Å². The van der Waals surface area contributed by atoms with E-state index in [0.717, 1.165) is 0 Å². The number of aryl methyl sites for hydroxylation is 1. The first-order valence-corrected chi connectivity index (χ1v) is 11.2. The monoisotopic (exact) mass is 476 g/mol. The van der Waals surface area contributed by atoms with Crippen molar-refractivity contribution in [1.29, 1.82) is 0 Å².